The van der Waals surface area contributed by atoms with E-state index in [4.69, 9.17) is 4.74 Å². The molecule has 0 fully saturated rings. The molecule has 0 aliphatic heterocycles. The third-order valence-electron chi connectivity index (χ3n) is 4.24. The minimum atomic E-state index is -1.19. The Hall–Kier alpha value is -1.98. The number of fused-ring (bicyclic) bond motifs is 1. The second-order valence-electron chi connectivity index (χ2n) is 6.06. The smallest absolute Gasteiger partial charge is 0.154 e. The molecule has 3 rings (SSSR count). The molecule has 0 aromatic heterocycles. The van der Waals surface area contributed by atoms with Crippen molar-refractivity contribution in [2.45, 2.75) is 25.0 Å². The standard InChI is InChI=1S/C18H19F2NO2/c1-11-7-13(19)5-6-16(11)23-17-15-8-14(20)4-3-12(15)9-18(17,22)10-21-2/h3-8,17,21-22H,9-10H2,1-2H3. The summed E-state index contributed by atoms with van der Waals surface area (Å²) in [6.45, 7) is 2.03. The number of benzene rings is 2. The van der Waals surface area contributed by atoms with Crippen molar-refractivity contribution in [3.05, 3.63) is 64.7 Å². The summed E-state index contributed by atoms with van der Waals surface area (Å²) in [6.07, 6.45) is -0.348. The van der Waals surface area contributed by atoms with E-state index in [2.05, 4.69) is 5.32 Å². The van der Waals surface area contributed by atoms with E-state index >= 15 is 0 Å². The largest absolute Gasteiger partial charge is 0.482 e. The molecular weight excluding hydrogens is 300 g/mol. The highest BCUT2D eigenvalue weighted by Gasteiger charge is 2.46. The molecule has 1 aliphatic carbocycles. The van der Waals surface area contributed by atoms with Crippen LogP contribution in [0.4, 0.5) is 8.78 Å². The van der Waals surface area contributed by atoms with Crippen molar-refractivity contribution in [1.29, 1.82) is 0 Å². The number of nitrogens with one attached hydrogen (secondary N) is 1. The molecule has 2 aromatic carbocycles. The molecule has 2 aromatic rings. The van der Waals surface area contributed by atoms with Crippen LogP contribution in [-0.4, -0.2) is 24.3 Å². The zero-order valence-corrected chi connectivity index (χ0v) is 13.1. The summed E-state index contributed by atoms with van der Waals surface area (Å²) in [7, 11) is 1.74. The third kappa shape index (κ3) is 2.94. The first-order valence-corrected chi connectivity index (χ1v) is 7.51. The monoisotopic (exact) mass is 319 g/mol. The number of aryl methyl sites for hydroxylation is 1. The van der Waals surface area contributed by atoms with Crippen LogP contribution in [0.25, 0.3) is 0 Å². The van der Waals surface area contributed by atoms with Crippen LogP contribution in [0.15, 0.2) is 36.4 Å². The maximum Gasteiger partial charge on any atom is 0.154 e. The number of rotatable bonds is 4. The highest BCUT2D eigenvalue weighted by Crippen LogP contribution is 2.42. The lowest BCUT2D eigenvalue weighted by Gasteiger charge is -2.31. The summed E-state index contributed by atoms with van der Waals surface area (Å²) >= 11 is 0. The van der Waals surface area contributed by atoms with E-state index in [0.717, 1.165) is 5.56 Å². The highest BCUT2D eigenvalue weighted by molar-refractivity contribution is 5.41. The van der Waals surface area contributed by atoms with Crippen LogP contribution in [0.5, 0.6) is 5.75 Å². The van der Waals surface area contributed by atoms with Gasteiger partial charge in [-0.15, -0.1) is 0 Å². The number of aliphatic hydroxyl groups is 1. The molecule has 0 spiro atoms. The van der Waals surface area contributed by atoms with E-state index in [-0.39, 0.29) is 11.6 Å². The maximum atomic E-state index is 13.6. The van der Waals surface area contributed by atoms with Gasteiger partial charge in [-0.05, 0) is 55.4 Å². The summed E-state index contributed by atoms with van der Waals surface area (Å²) < 4.78 is 32.9. The SMILES string of the molecule is CNCC1(O)Cc2ccc(F)cc2C1Oc1ccc(F)cc1C. The van der Waals surface area contributed by atoms with Crippen LogP contribution in [-0.2, 0) is 6.42 Å². The predicted octanol–water partition coefficient (Wildman–Crippen LogP) is 2.90. The number of hydrogen-bond donors (Lipinski definition) is 2. The maximum absolute atomic E-state index is 13.6. The number of likely N-dealkylation sites (N-methyl/N-ethyl adjacent to an activating group) is 1. The summed E-state index contributed by atoms with van der Waals surface area (Å²) in [6, 6.07) is 8.65. The fourth-order valence-electron chi connectivity index (χ4n) is 3.19. The van der Waals surface area contributed by atoms with Crippen molar-refractivity contribution in [2.75, 3.05) is 13.6 Å². The van der Waals surface area contributed by atoms with Gasteiger partial charge in [-0.2, -0.15) is 0 Å². The normalized spacial score (nSPS) is 22.9. The van der Waals surface area contributed by atoms with E-state index in [1.807, 2.05) is 0 Å². The van der Waals surface area contributed by atoms with Gasteiger partial charge in [-0.3, -0.25) is 0 Å². The van der Waals surface area contributed by atoms with Gasteiger partial charge in [0.15, 0.2) is 6.10 Å². The van der Waals surface area contributed by atoms with E-state index in [1.54, 1.807) is 20.0 Å². The summed E-state index contributed by atoms with van der Waals surface area (Å²) in [4.78, 5) is 0. The molecule has 1 aliphatic rings. The van der Waals surface area contributed by atoms with Gasteiger partial charge in [0.05, 0.1) is 0 Å². The Morgan fingerprint density at radius 1 is 1.22 bits per heavy atom. The zero-order valence-electron chi connectivity index (χ0n) is 13.1. The van der Waals surface area contributed by atoms with Gasteiger partial charge in [0, 0.05) is 18.5 Å². The molecule has 23 heavy (non-hydrogen) atoms. The average Bonchev–Trinajstić information content (AvgIpc) is 2.74. The van der Waals surface area contributed by atoms with Crippen LogP contribution < -0.4 is 10.1 Å². The highest BCUT2D eigenvalue weighted by atomic mass is 19.1. The molecule has 0 saturated carbocycles. The molecule has 2 unspecified atom stereocenters. The molecule has 122 valence electrons. The Morgan fingerprint density at radius 2 is 1.91 bits per heavy atom. The van der Waals surface area contributed by atoms with Crippen LogP contribution in [0.2, 0.25) is 0 Å². The lowest BCUT2D eigenvalue weighted by molar-refractivity contribution is -0.0487. The lowest BCUT2D eigenvalue weighted by Crippen LogP contribution is -2.45. The zero-order chi connectivity index (χ0) is 16.6. The Morgan fingerprint density at radius 3 is 2.61 bits per heavy atom. The minimum Gasteiger partial charge on any atom is -0.482 e. The number of hydrogen-bond acceptors (Lipinski definition) is 3. The predicted molar refractivity (Wildman–Crippen MR) is 83.5 cm³/mol. The molecule has 0 heterocycles. The van der Waals surface area contributed by atoms with Crippen LogP contribution >= 0.6 is 0 Å². The van der Waals surface area contributed by atoms with Gasteiger partial charge in [0.1, 0.15) is 23.0 Å². The summed E-state index contributed by atoms with van der Waals surface area (Å²) in [5.74, 6) is -0.247. The Labute approximate surface area is 133 Å². The molecule has 2 N–H and O–H groups in total. The average molecular weight is 319 g/mol. The van der Waals surface area contributed by atoms with Crippen LogP contribution in [0.1, 0.15) is 22.8 Å². The van der Waals surface area contributed by atoms with Crippen molar-refractivity contribution in [1.82, 2.24) is 5.32 Å². The Balaban J connectivity index is 2.01. The van der Waals surface area contributed by atoms with Crippen molar-refractivity contribution < 1.29 is 18.6 Å². The summed E-state index contributed by atoms with van der Waals surface area (Å²) in [5.41, 5.74) is 0.924. The second-order valence-corrected chi connectivity index (χ2v) is 6.06. The van der Waals surface area contributed by atoms with E-state index in [0.29, 0.717) is 29.8 Å². The van der Waals surface area contributed by atoms with Gasteiger partial charge in [-0.1, -0.05) is 6.07 Å². The van der Waals surface area contributed by atoms with E-state index in [1.165, 1.54) is 30.3 Å². The van der Waals surface area contributed by atoms with Crippen molar-refractivity contribution in [3.63, 3.8) is 0 Å². The first-order chi connectivity index (χ1) is 10.9. The molecule has 3 nitrogen and oxygen atoms in total. The number of halogens is 2. The van der Waals surface area contributed by atoms with Gasteiger partial charge in [-0.25, -0.2) is 8.78 Å². The summed E-state index contributed by atoms with van der Waals surface area (Å²) in [5, 5.41) is 13.9. The van der Waals surface area contributed by atoms with Crippen LogP contribution in [0, 0.1) is 18.6 Å². The topological polar surface area (TPSA) is 41.5 Å². The Kier molecular flexibility index (Phi) is 4.08. The quantitative estimate of drug-likeness (QED) is 0.910. The van der Waals surface area contributed by atoms with Crippen molar-refractivity contribution in [2.24, 2.45) is 0 Å². The second kappa shape index (κ2) is 5.91. The molecule has 0 amide bonds. The lowest BCUT2D eigenvalue weighted by atomic mass is 9.97. The van der Waals surface area contributed by atoms with E-state index in [9.17, 15) is 13.9 Å². The Bertz CT molecular complexity index is 735. The fraction of sp³-hybridized carbons (Fsp3) is 0.333. The number of ether oxygens (including phenoxy) is 1. The van der Waals surface area contributed by atoms with E-state index < -0.39 is 11.7 Å². The first-order valence-electron chi connectivity index (χ1n) is 7.51. The third-order valence-corrected chi connectivity index (χ3v) is 4.24. The molecule has 0 saturated heterocycles. The molecule has 2 atom stereocenters. The first kappa shape index (κ1) is 15.9. The minimum absolute atomic E-state index is 0.300. The fourth-order valence-corrected chi connectivity index (χ4v) is 3.19. The van der Waals surface area contributed by atoms with Gasteiger partial charge in [0.25, 0.3) is 0 Å². The van der Waals surface area contributed by atoms with Crippen molar-refractivity contribution in [3.8, 4) is 5.75 Å². The molecular formula is C18H19F2NO2. The van der Waals surface area contributed by atoms with Crippen molar-refractivity contribution >= 4 is 0 Å². The molecule has 0 bridgehead atoms. The molecule has 0 radical (unpaired) electrons. The van der Waals surface area contributed by atoms with Gasteiger partial charge in [0.2, 0.25) is 0 Å². The molecule has 5 heteroatoms. The van der Waals surface area contributed by atoms with Gasteiger partial charge < -0.3 is 15.2 Å². The van der Waals surface area contributed by atoms with Crippen LogP contribution in [0.3, 0.4) is 0 Å². The van der Waals surface area contributed by atoms with Gasteiger partial charge >= 0.3 is 0 Å².